The number of hydrogen-bond donors (Lipinski definition) is 2. The third kappa shape index (κ3) is 10.6. The summed E-state index contributed by atoms with van der Waals surface area (Å²) in [5.41, 5.74) is -1.91. The molecular formula is C40H57NO6S2. The van der Waals surface area contributed by atoms with E-state index < -0.39 is 35.0 Å². The smallest absolute Gasteiger partial charge is 0.336 e. The standard InChI is InChI=1S/C40H57NO6S2/c1-5-6-7-11-20-29-49-30-21-12-9-8-10-19-26-34(39(45,37(43)44)27-28-46-4)36(42)41-35(31(2)3)40(47-38(41)48,32-22-15-13-16-23-32)33-24-17-14-18-25-33/h13-19,22-26,31,34-35,45H,5-12,20-21,27-30H2,1-4H3,(H,43,44)/t34-,35+,39+/m1/s1. The van der Waals surface area contributed by atoms with Crippen LogP contribution >= 0.6 is 24.0 Å². The van der Waals surface area contributed by atoms with Crippen molar-refractivity contribution >= 4 is 41.0 Å². The topological polar surface area (TPSA) is 96.3 Å². The lowest BCUT2D eigenvalue weighted by Crippen LogP contribution is -2.57. The van der Waals surface area contributed by atoms with Gasteiger partial charge < -0.3 is 19.7 Å². The quantitative estimate of drug-likeness (QED) is 0.0671. The molecule has 3 atom stereocenters. The highest BCUT2D eigenvalue weighted by molar-refractivity contribution is 7.99. The minimum atomic E-state index is -2.42. The number of nitrogens with zero attached hydrogens (tertiary/aromatic N) is 1. The van der Waals surface area contributed by atoms with Gasteiger partial charge in [0.1, 0.15) is 0 Å². The fourth-order valence-electron chi connectivity index (χ4n) is 6.75. The number of carboxylic acid groups (broad SMARTS) is 1. The van der Waals surface area contributed by atoms with E-state index in [4.69, 9.17) is 21.7 Å². The molecule has 1 saturated heterocycles. The van der Waals surface area contributed by atoms with E-state index in [1.54, 1.807) is 6.08 Å². The van der Waals surface area contributed by atoms with Crippen LogP contribution in [0.1, 0.15) is 103 Å². The fourth-order valence-corrected chi connectivity index (χ4v) is 8.10. The van der Waals surface area contributed by atoms with Crippen molar-refractivity contribution in [3.8, 4) is 0 Å². The molecule has 49 heavy (non-hydrogen) atoms. The van der Waals surface area contributed by atoms with Gasteiger partial charge in [-0.05, 0) is 55.3 Å². The van der Waals surface area contributed by atoms with E-state index in [1.165, 1.54) is 62.0 Å². The lowest BCUT2D eigenvalue weighted by molar-refractivity contribution is -0.170. The first kappa shape index (κ1) is 40.7. The highest BCUT2D eigenvalue weighted by Crippen LogP contribution is 2.48. The van der Waals surface area contributed by atoms with Crippen molar-refractivity contribution in [2.24, 2.45) is 11.8 Å². The number of carbonyl (C=O) groups excluding carboxylic acids is 1. The van der Waals surface area contributed by atoms with Gasteiger partial charge in [-0.25, -0.2) is 4.79 Å². The maximum absolute atomic E-state index is 14.7. The third-order valence-corrected chi connectivity index (χ3v) is 10.8. The number of ether oxygens (including phenoxy) is 2. The second kappa shape index (κ2) is 20.8. The SMILES string of the molecule is CCCCCCCSCCCCCCC=C[C@H](C(=O)N1C(=S)OC(c2ccccc2)(c2ccccc2)[C@@H]1C(C)C)[C@@](O)(CCOC)C(=O)O. The van der Waals surface area contributed by atoms with Crippen LogP contribution in [0.2, 0.25) is 0 Å². The number of aliphatic hydroxyl groups is 1. The average molecular weight is 712 g/mol. The van der Waals surface area contributed by atoms with Gasteiger partial charge in [-0.3, -0.25) is 9.69 Å². The monoisotopic (exact) mass is 711 g/mol. The zero-order valence-electron chi connectivity index (χ0n) is 29.9. The van der Waals surface area contributed by atoms with Gasteiger partial charge in [-0.1, -0.05) is 132 Å². The molecule has 3 rings (SSSR count). The lowest BCUT2D eigenvalue weighted by atomic mass is 9.75. The van der Waals surface area contributed by atoms with E-state index in [0.29, 0.717) is 6.42 Å². The van der Waals surface area contributed by atoms with E-state index >= 15 is 0 Å². The summed E-state index contributed by atoms with van der Waals surface area (Å²) in [6, 6.07) is 18.7. The molecule has 0 unspecified atom stereocenters. The maximum atomic E-state index is 14.7. The molecule has 1 amide bonds. The van der Waals surface area contributed by atoms with Crippen LogP contribution in [0.15, 0.2) is 72.8 Å². The first-order chi connectivity index (χ1) is 23.6. The number of allylic oxidation sites excluding steroid dienone is 1. The zero-order chi connectivity index (χ0) is 35.7. The van der Waals surface area contributed by atoms with Crippen molar-refractivity contribution < 1.29 is 29.3 Å². The Morgan fingerprint density at radius 2 is 1.51 bits per heavy atom. The molecule has 0 saturated carbocycles. The van der Waals surface area contributed by atoms with E-state index in [2.05, 4.69) is 6.92 Å². The first-order valence-electron chi connectivity index (χ1n) is 18.0. The minimum absolute atomic E-state index is 0.0380. The second-order valence-corrected chi connectivity index (χ2v) is 14.9. The number of hydrogen-bond acceptors (Lipinski definition) is 7. The Morgan fingerprint density at radius 3 is 2.02 bits per heavy atom. The minimum Gasteiger partial charge on any atom is -0.479 e. The zero-order valence-corrected chi connectivity index (χ0v) is 31.5. The molecule has 1 aliphatic heterocycles. The molecule has 0 aromatic heterocycles. The van der Waals surface area contributed by atoms with Gasteiger partial charge in [-0.15, -0.1) is 0 Å². The van der Waals surface area contributed by atoms with Crippen LogP contribution in [0.5, 0.6) is 0 Å². The predicted octanol–water partition coefficient (Wildman–Crippen LogP) is 8.78. The third-order valence-electron chi connectivity index (χ3n) is 9.38. The van der Waals surface area contributed by atoms with Crippen molar-refractivity contribution in [2.75, 3.05) is 25.2 Å². The molecular weight excluding hydrogens is 655 g/mol. The molecule has 270 valence electrons. The van der Waals surface area contributed by atoms with E-state index in [1.807, 2.05) is 92.3 Å². The van der Waals surface area contributed by atoms with Crippen molar-refractivity contribution in [3.05, 3.63) is 83.9 Å². The van der Waals surface area contributed by atoms with Gasteiger partial charge in [-0.2, -0.15) is 11.8 Å². The molecule has 9 heteroatoms. The van der Waals surface area contributed by atoms with Crippen molar-refractivity contribution in [3.63, 3.8) is 0 Å². The van der Waals surface area contributed by atoms with Crippen LogP contribution in [0.4, 0.5) is 0 Å². The summed E-state index contributed by atoms with van der Waals surface area (Å²) in [6.45, 7) is 6.19. The van der Waals surface area contributed by atoms with Crippen LogP contribution in [0, 0.1) is 11.8 Å². The summed E-state index contributed by atoms with van der Waals surface area (Å²) >= 11 is 7.84. The maximum Gasteiger partial charge on any atom is 0.336 e. The average Bonchev–Trinajstić information content (AvgIpc) is 3.43. The van der Waals surface area contributed by atoms with Crippen LogP contribution in [0.3, 0.4) is 0 Å². The summed E-state index contributed by atoms with van der Waals surface area (Å²) in [7, 11) is 1.44. The number of amides is 1. The first-order valence-corrected chi connectivity index (χ1v) is 19.6. The molecule has 1 heterocycles. The lowest BCUT2D eigenvalue weighted by Gasteiger charge is -2.39. The Bertz CT molecular complexity index is 1280. The van der Waals surface area contributed by atoms with Gasteiger partial charge >= 0.3 is 5.97 Å². The van der Waals surface area contributed by atoms with Gasteiger partial charge in [0.2, 0.25) is 5.91 Å². The van der Waals surface area contributed by atoms with E-state index in [-0.39, 0.29) is 24.1 Å². The number of thiocarbonyl (C=S) groups is 1. The highest BCUT2D eigenvalue weighted by atomic mass is 32.2. The molecule has 2 aromatic rings. The fraction of sp³-hybridized carbons (Fsp3) is 0.575. The Kier molecular flexibility index (Phi) is 17.3. The van der Waals surface area contributed by atoms with Gasteiger partial charge in [0.25, 0.3) is 5.17 Å². The normalized spacial score (nSPS) is 17.7. The van der Waals surface area contributed by atoms with Crippen LogP contribution in [-0.2, 0) is 24.7 Å². The van der Waals surface area contributed by atoms with E-state index in [0.717, 1.165) is 30.4 Å². The summed E-state index contributed by atoms with van der Waals surface area (Å²) in [5, 5.41) is 22.0. The number of thioether (sulfide) groups is 1. The molecule has 2 aromatic carbocycles. The summed E-state index contributed by atoms with van der Waals surface area (Å²) in [5.74, 6) is -1.27. The summed E-state index contributed by atoms with van der Waals surface area (Å²) < 4.78 is 11.8. The molecule has 7 nitrogen and oxygen atoms in total. The largest absolute Gasteiger partial charge is 0.479 e. The Balaban J connectivity index is 1.82. The Hall–Kier alpha value is -2.72. The van der Waals surface area contributed by atoms with Crippen LogP contribution < -0.4 is 0 Å². The molecule has 0 aliphatic carbocycles. The van der Waals surface area contributed by atoms with Gasteiger partial charge in [0, 0.05) is 31.3 Å². The molecule has 2 N–H and O–H groups in total. The number of aliphatic carboxylic acids is 1. The predicted molar refractivity (Wildman–Crippen MR) is 204 cm³/mol. The number of carboxylic acids is 1. The van der Waals surface area contributed by atoms with Crippen molar-refractivity contribution in [1.82, 2.24) is 4.90 Å². The molecule has 0 radical (unpaired) electrons. The number of rotatable bonds is 23. The number of methoxy groups -OCH3 is 1. The second-order valence-electron chi connectivity index (χ2n) is 13.3. The molecule has 1 aliphatic rings. The van der Waals surface area contributed by atoms with Gasteiger partial charge in [0.15, 0.2) is 11.2 Å². The van der Waals surface area contributed by atoms with Crippen LogP contribution in [0.25, 0.3) is 0 Å². The summed E-state index contributed by atoms with van der Waals surface area (Å²) in [6.07, 6.45) is 14.6. The number of carbonyl (C=O) groups is 2. The Morgan fingerprint density at radius 1 is 0.959 bits per heavy atom. The summed E-state index contributed by atoms with van der Waals surface area (Å²) in [4.78, 5) is 28.9. The molecule has 0 bridgehead atoms. The highest BCUT2D eigenvalue weighted by Gasteiger charge is 2.60. The van der Waals surface area contributed by atoms with Crippen LogP contribution in [-0.4, -0.2) is 69.0 Å². The van der Waals surface area contributed by atoms with E-state index in [9.17, 15) is 19.8 Å². The molecule has 1 fully saturated rings. The number of unbranched alkanes of at least 4 members (excludes halogenated alkanes) is 8. The number of benzene rings is 2. The van der Waals surface area contributed by atoms with Gasteiger partial charge in [0.05, 0.1) is 12.0 Å². The van der Waals surface area contributed by atoms with Crippen molar-refractivity contribution in [2.45, 2.75) is 109 Å². The molecule has 0 spiro atoms. The van der Waals surface area contributed by atoms with Crippen molar-refractivity contribution in [1.29, 1.82) is 0 Å². The Labute approximate surface area is 303 Å².